The van der Waals surface area contributed by atoms with E-state index in [1.54, 1.807) is 0 Å². The summed E-state index contributed by atoms with van der Waals surface area (Å²) in [5, 5.41) is 0. The average Bonchev–Trinajstić information content (AvgIpc) is 2.62. The molecule has 2 heteroatoms. The number of rotatable bonds is 4. The molecule has 2 aromatic rings. The normalized spacial score (nSPS) is 21.7. The Morgan fingerprint density at radius 3 is 1.59 bits per heavy atom. The fourth-order valence-electron chi connectivity index (χ4n) is 2.91. The van der Waals surface area contributed by atoms with Crippen LogP contribution in [0.25, 0.3) is 0 Å². The van der Waals surface area contributed by atoms with Crippen LogP contribution in [-0.4, -0.2) is 13.2 Å². The molecule has 0 amide bonds. The summed E-state index contributed by atoms with van der Waals surface area (Å²) in [7, 11) is 0. The Hall–Kier alpha value is -1.64. The lowest BCUT2D eigenvalue weighted by Gasteiger charge is -2.30. The zero-order valence-corrected chi connectivity index (χ0v) is 13.4. The van der Waals surface area contributed by atoms with Crippen LogP contribution in [0.5, 0.6) is 0 Å². The molecule has 1 heterocycles. The van der Waals surface area contributed by atoms with Gasteiger partial charge in [0.25, 0.3) is 0 Å². The lowest BCUT2D eigenvalue weighted by Crippen LogP contribution is -2.25. The molecular formula is C20H24O2. The summed E-state index contributed by atoms with van der Waals surface area (Å²) in [6.45, 7) is 5.59. The van der Waals surface area contributed by atoms with E-state index >= 15 is 0 Å². The van der Waals surface area contributed by atoms with Gasteiger partial charge >= 0.3 is 0 Å². The molecule has 1 saturated heterocycles. The molecule has 0 spiro atoms. The summed E-state index contributed by atoms with van der Waals surface area (Å²) < 4.78 is 12.2. The van der Waals surface area contributed by atoms with E-state index in [2.05, 4.69) is 62.4 Å². The van der Waals surface area contributed by atoms with E-state index in [-0.39, 0.29) is 12.2 Å². The second kappa shape index (κ2) is 7.08. The second-order valence-corrected chi connectivity index (χ2v) is 5.84. The lowest BCUT2D eigenvalue weighted by molar-refractivity contribution is -0.137. The molecule has 2 atom stereocenters. The van der Waals surface area contributed by atoms with Crippen LogP contribution in [0.4, 0.5) is 0 Å². The third kappa shape index (κ3) is 3.40. The fourth-order valence-corrected chi connectivity index (χ4v) is 2.91. The van der Waals surface area contributed by atoms with Crippen molar-refractivity contribution in [3.63, 3.8) is 0 Å². The van der Waals surface area contributed by atoms with Crippen LogP contribution < -0.4 is 0 Å². The van der Waals surface area contributed by atoms with Crippen LogP contribution in [0.1, 0.15) is 48.3 Å². The van der Waals surface area contributed by atoms with E-state index in [1.807, 2.05) is 0 Å². The average molecular weight is 296 g/mol. The predicted octanol–water partition coefficient (Wildman–Crippen LogP) is 4.64. The second-order valence-electron chi connectivity index (χ2n) is 5.84. The maximum absolute atomic E-state index is 6.08. The van der Waals surface area contributed by atoms with Gasteiger partial charge in [-0.2, -0.15) is 0 Å². The highest BCUT2D eigenvalue weighted by Crippen LogP contribution is 2.30. The minimum Gasteiger partial charge on any atom is -0.368 e. The standard InChI is InChI=1S/C20H24O2/c1-3-15-7-5-9-17(11-15)19-13-22-20(14-21-19)18-10-6-8-16(4-2)12-18/h5-12,19-20H,3-4,13-14H2,1-2H3. The summed E-state index contributed by atoms with van der Waals surface area (Å²) in [6.07, 6.45) is 2.20. The Balaban J connectivity index is 1.66. The van der Waals surface area contributed by atoms with Crippen LogP contribution >= 0.6 is 0 Å². The Bertz CT molecular complexity index is 557. The van der Waals surface area contributed by atoms with Crippen molar-refractivity contribution in [3.8, 4) is 0 Å². The summed E-state index contributed by atoms with van der Waals surface area (Å²) in [4.78, 5) is 0. The van der Waals surface area contributed by atoms with Gasteiger partial charge in [-0.25, -0.2) is 0 Å². The van der Waals surface area contributed by atoms with Crippen molar-refractivity contribution in [2.75, 3.05) is 13.2 Å². The first kappa shape index (κ1) is 15.3. The van der Waals surface area contributed by atoms with Crippen molar-refractivity contribution < 1.29 is 9.47 Å². The number of aryl methyl sites for hydroxylation is 2. The van der Waals surface area contributed by atoms with E-state index < -0.39 is 0 Å². The highest BCUT2D eigenvalue weighted by atomic mass is 16.6. The third-order valence-corrected chi connectivity index (χ3v) is 4.36. The van der Waals surface area contributed by atoms with Crippen molar-refractivity contribution in [3.05, 3.63) is 70.8 Å². The van der Waals surface area contributed by atoms with Gasteiger partial charge in [-0.05, 0) is 35.1 Å². The summed E-state index contributed by atoms with van der Waals surface area (Å²) in [5.41, 5.74) is 5.14. The fraction of sp³-hybridized carbons (Fsp3) is 0.400. The first-order valence-corrected chi connectivity index (χ1v) is 8.21. The molecule has 1 fully saturated rings. The summed E-state index contributed by atoms with van der Waals surface area (Å²) in [5.74, 6) is 0. The molecule has 1 aliphatic heterocycles. The Morgan fingerprint density at radius 2 is 1.23 bits per heavy atom. The Morgan fingerprint density at radius 1 is 0.773 bits per heavy atom. The quantitative estimate of drug-likeness (QED) is 0.818. The largest absolute Gasteiger partial charge is 0.368 e. The molecule has 0 aromatic heterocycles. The highest BCUT2D eigenvalue weighted by molar-refractivity contribution is 5.27. The maximum atomic E-state index is 6.08. The molecule has 2 unspecified atom stereocenters. The van der Waals surface area contributed by atoms with E-state index in [9.17, 15) is 0 Å². The molecule has 2 nitrogen and oxygen atoms in total. The topological polar surface area (TPSA) is 18.5 Å². The minimum atomic E-state index is 0.0529. The van der Waals surface area contributed by atoms with Crippen LogP contribution in [0.2, 0.25) is 0 Å². The molecule has 2 aromatic carbocycles. The van der Waals surface area contributed by atoms with E-state index in [0.717, 1.165) is 12.8 Å². The summed E-state index contributed by atoms with van der Waals surface area (Å²) >= 11 is 0. The number of hydrogen-bond acceptors (Lipinski definition) is 2. The zero-order chi connectivity index (χ0) is 15.4. The molecule has 22 heavy (non-hydrogen) atoms. The monoisotopic (exact) mass is 296 g/mol. The van der Waals surface area contributed by atoms with Gasteiger partial charge < -0.3 is 9.47 Å². The molecule has 0 saturated carbocycles. The van der Waals surface area contributed by atoms with Gasteiger partial charge in [0.1, 0.15) is 12.2 Å². The van der Waals surface area contributed by atoms with E-state index in [1.165, 1.54) is 22.3 Å². The number of ether oxygens (including phenoxy) is 2. The first-order chi connectivity index (χ1) is 10.8. The smallest absolute Gasteiger partial charge is 0.106 e. The Kier molecular flexibility index (Phi) is 4.91. The van der Waals surface area contributed by atoms with Gasteiger partial charge in [-0.3, -0.25) is 0 Å². The first-order valence-electron chi connectivity index (χ1n) is 8.21. The molecule has 0 N–H and O–H groups in total. The van der Waals surface area contributed by atoms with Gasteiger partial charge in [0.2, 0.25) is 0 Å². The van der Waals surface area contributed by atoms with Crippen LogP contribution in [0, 0.1) is 0 Å². The van der Waals surface area contributed by atoms with Gasteiger partial charge in [-0.15, -0.1) is 0 Å². The number of hydrogen-bond donors (Lipinski definition) is 0. The molecule has 3 rings (SSSR count). The molecule has 0 radical (unpaired) electrons. The van der Waals surface area contributed by atoms with Crippen LogP contribution in [0.3, 0.4) is 0 Å². The van der Waals surface area contributed by atoms with Crippen molar-refractivity contribution in [2.24, 2.45) is 0 Å². The third-order valence-electron chi connectivity index (χ3n) is 4.36. The van der Waals surface area contributed by atoms with Gasteiger partial charge in [0, 0.05) is 0 Å². The van der Waals surface area contributed by atoms with Crippen molar-refractivity contribution in [2.45, 2.75) is 38.9 Å². The van der Waals surface area contributed by atoms with E-state index in [0.29, 0.717) is 13.2 Å². The highest BCUT2D eigenvalue weighted by Gasteiger charge is 2.24. The Labute approximate surface area is 133 Å². The van der Waals surface area contributed by atoms with Gasteiger partial charge in [-0.1, -0.05) is 62.4 Å². The van der Waals surface area contributed by atoms with Crippen molar-refractivity contribution >= 4 is 0 Å². The predicted molar refractivity (Wildman–Crippen MR) is 89.0 cm³/mol. The summed E-state index contributed by atoms with van der Waals surface area (Å²) in [6, 6.07) is 17.2. The lowest BCUT2D eigenvalue weighted by atomic mass is 10.0. The van der Waals surface area contributed by atoms with Crippen molar-refractivity contribution in [1.29, 1.82) is 0 Å². The minimum absolute atomic E-state index is 0.0529. The number of benzene rings is 2. The van der Waals surface area contributed by atoms with Gasteiger partial charge in [0.05, 0.1) is 13.2 Å². The van der Waals surface area contributed by atoms with Crippen LogP contribution in [0.15, 0.2) is 48.5 Å². The maximum Gasteiger partial charge on any atom is 0.106 e. The van der Waals surface area contributed by atoms with Crippen LogP contribution in [-0.2, 0) is 22.3 Å². The SMILES string of the molecule is CCc1cccc(C2COC(c3cccc(CC)c3)CO2)c1. The van der Waals surface area contributed by atoms with E-state index in [4.69, 9.17) is 9.47 Å². The molecule has 1 aliphatic rings. The molecule has 116 valence electrons. The molecule has 0 aliphatic carbocycles. The molecular weight excluding hydrogens is 272 g/mol. The zero-order valence-electron chi connectivity index (χ0n) is 13.4. The van der Waals surface area contributed by atoms with Gasteiger partial charge in [0.15, 0.2) is 0 Å². The van der Waals surface area contributed by atoms with Crippen molar-refractivity contribution in [1.82, 2.24) is 0 Å². The molecule has 0 bridgehead atoms.